The molecule has 2 N–H and O–H groups in total. The number of nitrogens with two attached hydrogens (primary N) is 1. The summed E-state index contributed by atoms with van der Waals surface area (Å²) in [5, 5.41) is 0. The van der Waals surface area contributed by atoms with Gasteiger partial charge in [0.25, 0.3) is 0 Å². The number of methoxy groups -OCH3 is 2. The van der Waals surface area contributed by atoms with Crippen molar-refractivity contribution < 1.29 is 14.3 Å². The average Bonchev–Trinajstić information content (AvgIpc) is 2.74. The Balaban J connectivity index is 2.68. The van der Waals surface area contributed by atoms with E-state index in [2.05, 4.69) is 41.6 Å². The molecule has 0 aliphatic rings. The highest BCUT2D eigenvalue weighted by molar-refractivity contribution is 9.11. The highest BCUT2D eigenvalue weighted by atomic mass is 79.9. The molecular formula is C13H13Br2N3O3. The third-order valence-corrected chi connectivity index (χ3v) is 4.18. The second kappa shape index (κ2) is 6.07. The fourth-order valence-electron chi connectivity index (χ4n) is 1.95. The van der Waals surface area contributed by atoms with Gasteiger partial charge < -0.3 is 15.2 Å². The van der Waals surface area contributed by atoms with Crippen LogP contribution in [0, 0.1) is 6.92 Å². The molecule has 0 aliphatic heterocycles. The van der Waals surface area contributed by atoms with Gasteiger partial charge in [-0.2, -0.15) is 0 Å². The lowest BCUT2D eigenvalue weighted by molar-refractivity contribution is 0.0596. The second-order valence-corrected chi connectivity index (χ2v) is 5.87. The van der Waals surface area contributed by atoms with Crippen molar-refractivity contribution in [1.29, 1.82) is 0 Å². The van der Waals surface area contributed by atoms with Gasteiger partial charge in [0.15, 0.2) is 5.69 Å². The van der Waals surface area contributed by atoms with Crippen molar-refractivity contribution >= 4 is 43.6 Å². The number of aromatic nitrogens is 2. The number of nitrogen functional groups attached to an aromatic ring is 1. The van der Waals surface area contributed by atoms with E-state index in [0.717, 1.165) is 8.95 Å². The molecule has 112 valence electrons. The van der Waals surface area contributed by atoms with Gasteiger partial charge in [0.05, 0.1) is 24.4 Å². The summed E-state index contributed by atoms with van der Waals surface area (Å²) in [5.41, 5.74) is 6.84. The zero-order chi connectivity index (χ0) is 15.7. The number of esters is 1. The van der Waals surface area contributed by atoms with Gasteiger partial charge in [-0.3, -0.25) is 4.57 Å². The summed E-state index contributed by atoms with van der Waals surface area (Å²) >= 11 is 6.88. The second-order valence-electron chi connectivity index (χ2n) is 4.16. The highest BCUT2D eigenvalue weighted by Crippen LogP contribution is 2.35. The number of carbonyl (C=O) groups excluding carboxylic acids is 1. The number of benzene rings is 1. The van der Waals surface area contributed by atoms with Gasteiger partial charge in [0.1, 0.15) is 17.4 Å². The van der Waals surface area contributed by atoms with Gasteiger partial charge in [-0.15, -0.1) is 0 Å². The van der Waals surface area contributed by atoms with Gasteiger partial charge in [-0.05, 0) is 44.8 Å². The zero-order valence-corrected chi connectivity index (χ0v) is 14.8. The SMILES string of the molecule is COC(=O)c1nc(C)n(-c2cc(OC)c(Br)cc2Br)c1N. The predicted molar refractivity (Wildman–Crippen MR) is 86.0 cm³/mol. The fraction of sp³-hybridized carbons (Fsp3) is 0.231. The number of rotatable bonds is 3. The van der Waals surface area contributed by atoms with Crippen LogP contribution in [0.5, 0.6) is 5.75 Å². The molecule has 0 bridgehead atoms. The molecule has 0 unspecified atom stereocenters. The monoisotopic (exact) mass is 417 g/mol. The standard InChI is InChI=1S/C13H13Br2N3O3/c1-6-17-11(13(19)21-3)12(16)18(6)9-5-10(20-2)8(15)4-7(9)14/h4-5H,16H2,1-3H3. The lowest BCUT2D eigenvalue weighted by atomic mass is 10.3. The molecule has 0 atom stereocenters. The summed E-state index contributed by atoms with van der Waals surface area (Å²) in [7, 11) is 2.86. The zero-order valence-electron chi connectivity index (χ0n) is 11.6. The molecule has 0 aliphatic carbocycles. The van der Waals surface area contributed by atoms with Gasteiger partial charge in [0.2, 0.25) is 0 Å². The quantitative estimate of drug-likeness (QED) is 0.774. The van der Waals surface area contributed by atoms with E-state index in [1.54, 1.807) is 24.7 Å². The molecule has 0 saturated carbocycles. The van der Waals surface area contributed by atoms with Crippen molar-refractivity contribution in [1.82, 2.24) is 9.55 Å². The number of ether oxygens (including phenoxy) is 2. The first-order valence-electron chi connectivity index (χ1n) is 5.87. The van der Waals surface area contributed by atoms with Crippen LogP contribution in [0.1, 0.15) is 16.3 Å². The minimum absolute atomic E-state index is 0.0868. The Morgan fingerprint density at radius 3 is 2.52 bits per heavy atom. The molecule has 0 fully saturated rings. The average molecular weight is 419 g/mol. The Labute approximate surface area is 138 Å². The summed E-state index contributed by atoms with van der Waals surface area (Å²) in [6.45, 7) is 1.75. The molecule has 0 spiro atoms. The van der Waals surface area contributed by atoms with Crippen LogP contribution in [0.3, 0.4) is 0 Å². The van der Waals surface area contributed by atoms with E-state index >= 15 is 0 Å². The topological polar surface area (TPSA) is 79.4 Å². The van der Waals surface area contributed by atoms with Crippen LogP contribution < -0.4 is 10.5 Å². The number of imidazole rings is 1. The lowest BCUT2D eigenvalue weighted by Gasteiger charge is -2.13. The predicted octanol–water partition coefficient (Wildman–Crippen LogP) is 3.08. The van der Waals surface area contributed by atoms with Crippen LogP contribution in [0.15, 0.2) is 21.1 Å². The van der Waals surface area contributed by atoms with E-state index in [4.69, 9.17) is 10.5 Å². The van der Waals surface area contributed by atoms with Crippen molar-refractivity contribution in [3.63, 3.8) is 0 Å². The lowest BCUT2D eigenvalue weighted by Crippen LogP contribution is -2.08. The first-order chi connectivity index (χ1) is 9.90. The summed E-state index contributed by atoms with van der Waals surface area (Å²) < 4.78 is 13.2. The van der Waals surface area contributed by atoms with Crippen molar-refractivity contribution in [2.24, 2.45) is 0 Å². The molecular weight excluding hydrogens is 406 g/mol. The van der Waals surface area contributed by atoms with Crippen LogP contribution in [0.2, 0.25) is 0 Å². The first-order valence-corrected chi connectivity index (χ1v) is 7.45. The number of halogens is 2. The van der Waals surface area contributed by atoms with Gasteiger partial charge in [0, 0.05) is 10.5 Å². The molecule has 2 aromatic rings. The van der Waals surface area contributed by atoms with E-state index in [9.17, 15) is 4.79 Å². The van der Waals surface area contributed by atoms with Crippen LogP contribution in [-0.2, 0) is 4.74 Å². The Morgan fingerprint density at radius 1 is 1.29 bits per heavy atom. The molecule has 1 aromatic carbocycles. The normalized spacial score (nSPS) is 10.5. The summed E-state index contributed by atoms with van der Waals surface area (Å²) in [5.74, 6) is 0.845. The smallest absolute Gasteiger partial charge is 0.360 e. The molecule has 1 heterocycles. The number of hydrogen-bond donors (Lipinski definition) is 1. The van der Waals surface area contributed by atoms with E-state index in [0.29, 0.717) is 17.3 Å². The van der Waals surface area contributed by atoms with Crippen LogP contribution in [-0.4, -0.2) is 29.7 Å². The minimum atomic E-state index is -0.574. The van der Waals surface area contributed by atoms with Gasteiger partial charge in [-0.25, -0.2) is 9.78 Å². The number of aryl methyl sites for hydroxylation is 1. The third kappa shape index (κ3) is 2.77. The molecule has 0 saturated heterocycles. The molecule has 1 aromatic heterocycles. The largest absolute Gasteiger partial charge is 0.495 e. The molecule has 0 radical (unpaired) electrons. The van der Waals surface area contributed by atoms with Crippen molar-refractivity contribution in [2.45, 2.75) is 6.92 Å². The van der Waals surface area contributed by atoms with Gasteiger partial charge in [-0.1, -0.05) is 0 Å². The van der Waals surface area contributed by atoms with Gasteiger partial charge >= 0.3 is 5.97 Å². The highest BCUT2D eigenvalue weighted by Gasteiger charge is 2.22. The number of anilines is 1. The Hall–Kier alpha value is -1.54. The molecule has 2 rings (SSSR count). The van der Waals surface area contributed by atoms with E-state index in [-0.39, 0.29) is 11.5 Å². The first kappa shape index (κ1) is 15.8. The Kier molecular flexibility index (Phi) is 4.58. The summed E-state index contributed by atoms with van der Waals surface area (Å²) in [4.78, 5) is 15.8. The van der Waals surface area contributed by atoms with E-state index in [1.807, 2.05) is 6.07 Å². The van der Waals surface area contributed by atoms with E-state index < -0.39 is 5.97 Å². The minimum Gasteiger partial charge on any atom is -0.495 e. The number of hydrogen-bond acceptors (Lipinski definition) is 5. The fourth-order valence-corrected chi connectivity index (χ4v) is 3.28. The maximum absolute atomic E-state index is 11.7. The number of nitrogens with zero attached hydrogens (tertiary/aromatic N) is 2. The Bertz CT molecular complexity index is 713. The summed E-state index contributed by atoms with van der Waals surface area (Å²) in [6, 6.07) is 3.63. The van der Waals surface area contributed by atoms with Crippen LogP contribution >= 0.6 is 31.9 Å². The maximum Gasteiger partial charge on any atom is 0.360 e. The Morgan fingerprint density at radius 2 is 1.95 bits per heavy atom. The molecule has 8 heteroatoms. The molecule has 0 amide bonds. The van der Waals surface area contributed by atoms with Crippen LogP contribution in [0.4, 0.5) is 5.82 Å². The van der Waals surface area contributed by atoms with E-state index in [1.165, 1.54) is 7.11 Å². The molecule has 6 nitrogen and oxygen atoms in total. The number of carbonyl (C=O) groups is 1. The maximum atomic E-state index is 11.7. The van der Waals surface area contributed by atoms with Crippen LogP contribution in [0.25, 0.3) is 5.69 Å². The molecule has 21 heavy (non-hydrogen) atoms. The van der Waals surface area contributed by atoms with Crippen molar-refractivity contribution in [3.05, 3.63) is 32.6 Å². The van der Waals surface area contributed by atoms with Crippen molar-refractivity contribution in [3.8, 4) is 11.4 Å². The van der Waals surface area contributed by atoms with Crippen molar-refractivity contribution in [2.75, 3.05) is 20.0 Å². The third-order valence-electron chi connectivity index (χ3n) is 2.92. The summed E-state index contributed by atoms with van der Waals surface area (Å²) in [6.07, 6.45) is 0.